The molecule has 0 bridgehead atoms. The highest BCUT2D eigenvalue weighted by Gasteiger charge is 2.49. The summed E-state index contributed by atoms with van der Waals surface area (Å²) >= 11 is 0. The second-order valence-corrected chi connectivity index (χ2v) is 6.51. The zero-order chi connectivity index (χ0) is 10.6. The van der Waals surface area contributed by atoms with Crippen LogP contribution < -0.4 is 0 Å². The molecule has 1 nitrogen and oxygen atoms in total. The van der Waals surface area contributed by atoms with Gasteiger partial charge in [0, 0.05) is 5.92 Å². The van der Waals surface area contributed by atoms with Crippen molar-refractivity contribution in [1.82, 2.24) is 0 Å². The third-order valence-corrected chi connectivity index (χ3v) is 5.14. The van der Waals surface area contributed by atoms with Gasteiger partial charge in [0.15, 0.2) is 0 Å². The molecule has 0 saturated heterocycles. The highest BCUT2D eigenvalue weighted by atomic mass is 16.3. The summed E-state index contributed by atoms with van der Waals surface area (Å²) in [6.07, 6.45) is 8.82. The molecule has 1 N–H and O–H groups in total. The summed E-state index contributed by atoms with van der Waals surface area (Å²) in [4.78, 5) is 0. The molecule has 0 radical (unpaired) electrons. The predicted molar refractivity (Wildman–Crippen MR) is 61.4 cm³/mol. The lowest BCUT2D eigenvalue weighted by Crippen LogP contribution is -2.28. The molecular formula is C14H22O. The number of aliphatic hydroxyl groups is 1. The molecule has 1 heteroatoms. The van der Waals surface area contributed by atoms with Crippen LogP contribution in [-0.2, 0) is 0 Å². The van der Waals surface area contributed by atoms with Gasteiger partial charge >= 0.3 is 0 Å². The Balaban J connectivity index is 1.94. The van der Waals surface area contributed by atoms with E-state index in [0.29, 0.717) is 11.3 Å². The van der Waals surface area contributed by atoms with Crippen LogP contribution in [0.5, 0.6) is 0 Å². The lowest BCUT2D eigenvalue weighted by molar-refractivity contribution is 0.133. The van der Waals surface area contributed by atoms with Crippen LogP contribution in [0.2, 0.25) is 0 Å². The number of aliphatic hydroxyl groups excluding tert-OH is 1. The van der Waals surface area contributed by atoms with E-state index in [1.165, 1.54) is 25.7 Å². The minimum atomic E-state index is -0.0703. The molecule has 0 amide bonds. The van der Waals surface area contributed by atoms with E-state index in [-0.39, 0.29) is 6.10 Å². The first-order valence-electron chi connectivity index (χ1n) is 6.46. The van der Waals surface area contributed by atoms with Gasteiger partial charge in [0.25, 0.3) is 0 Å². The molecule has 15 heavy (non-hydrogen) atoms. The molecule has 0 unspecified atom stereocenters. The maximum absolute atomic E-state index is 10.1. The summed E-state index contributed by atoms with van der Waals surface area (Å²) in [6, 6.07) is 0. The lowest BCUT2D eigenvalue weighted by atomic mass is 9.69. The van der Waals surface area contributed by atoms with Crippen LogP contribution in [0.4, 0.5) is 0 Å². The maximum Gasteiger partial charge on any atom is 0.0610 e. The fraction of sp³-hybridized carbons (Fsp3) is 0.857. The SMILES string of the molecule is CC1(C)C[C@H](O)[C@@H]2C=C3CCC[C@@H]3C[C@@H]21. The van der Waals surface area contributed by atoms with Crippen LogP contribution in [0.3, 0.4) is 0 Å². The van der Waals surface area contributed by atoms with Crippen molar-refractivity contribution in [2.24, 2.45) is 23.2 Å². The summed E-state index contributed by atoms with van der Waals surface area (Å²) in [5.41, 5.74) is 2.03. The van der Waals surface area contributed by atoms with Crippen LogP contribution in [0.25, 0.3) is 0 Å². The fourth-order valence-electron chi connectivity index (χ4n) is 4.30. The van der Waals surface area contributed by atoms with E-state index in [0.717, 1.165) is 18.3 Å². The first kappa shape index (κ1) is 9.89. The molecule has 4 atom stereocenters. The number of hydrogen-bond acceptors (Lipinski definition) is 1. The monoisotopic (exact) mass is 206 g/mol. The third kappa shape index (κ3) is 1.39. The third-order valence-electron chi connectivity index (χ3n) is 5.14. The Hall–Kier alpha value is -0.300. The molecule has 3 aliphatic rings. The van der Waals surface area contributed by atoms with Gasteiger partial charge in [-0.2, -0.15) is 0 Å². The second-order valence-electron chi connectivity index (χ2n) is 6.51. The van der Waals surface area contributed by atoms with Crippen molar-refractivity contribution in [2.45, 2.75) is 52.1 Å². The van der Waals surface area contributed by atoms with E-state index >= 15 is 0 Å². The Morgan fingerprint density at radius 1 is 1.40 bits per heavy atom. The maximum atomic E-state index is 10.1. The molecule has 2 fully saturated rings. The number of fused-ring (bicyclic) bond motifs is 2. The molecular weight excluding hydrogens is 184 g/mol. The second kappa shape index (κ2) is 3.10. The molecule has 0 aromatic heterocycles. The zero-order valence-corrected chi connectivity index (χ0v) is 9.87. The number of hydrogen-bond donors (Lipinski definition) is 1. The highest BCUT2D eigenvalue weighted by molar-refractivity contribution is 5.21. The Bertz CT molecular complexity index is 302. The van der Waals surface area contributed by atoms with Crippen molar-refractivity contribution in [1.29, 1.82) is 0 Å². The van der Waals surface area contributed by atoms with Crippen LogP contribution >= 0.6 is 0 Å². The zero-order valence-electron chi connectivity index (χ0n) is 9.87. The van der Waals surface area contributed by atoms with Gasteiger partial charge < -0.3 is 5.11 Å². The van der Waals surface area contributed by atoms with E-state index in [4.69, 9.17) is 0 Å². The van der Waals surface area contributed by atoms with Gasteiger partial charge in [0.05, 0.1) is 6.10 Å². The van der Waals surface area contributed by atoms with E-state index in [2.05, 4.69) is 19.9 Å². The minimum absolute atomic E-state index is 0.0703. The molecule has 0 heterocycles. The molecule has 0 aliphatic heterocycles. The van der Waals surface area contributed by atoms with Gasteiger partial charge in [-0.1, -0.05) is 25.5 Å². The molecule has 0 aromatic carbocycles. The normalized spacial score (nSPS) is 47.3. The van der Waals surface area contributed by atoms with E-state index in [9.17, 15) is 5.11 Å². The van der Waals surface area contributed by atoms with Gasteiger partial charge in [0.1, 0.15) is 0 Å². The number of rotatable bonds is 0. The van der Waals surface area contributed by atoms with Gasteiger partial charge in [-0.3, -0.25) is 0 Å². The first-order valence-corrected chi connectivity index (χ1v) is 6.46. The van der Waals surface area contributed by atoms with E-state index in [1.807, 2.05) is 0 Å². The van der Waals surface area contributed by atoms with Crippen molar-refractivity contribution in [2.75, 3.05) is 0 Å². The van der Waals surface area contributed by atoms with Crippen molar-refractivity contribution in [3.63, 3.8) is 0 Å². The van der Waals surface area contributed by atoms with Crippen molar-refractivity contribution < 1.29 is 5.11 Å². The molecule has 84 valence electrons. The van der Waals surface area contributed by atoms with Crippen molar-refractivity contribution in [3.8, 4) is 0 Å². The average molecular weight is 206 g/mol. The smallest absolute Gasteiger partial charge is 0.0610 e. The number of allylic oxidation sites excluding steroid dienone is 1. The quantitative estimate of drug-likeness (QED) is 0.604. The Morgan fingerprint density at radius 3 is 3.00 bits per heavy atom. The van der Waals surface area contributed by atoms with E-state index < -0.39 is 0 Å². The van der Waals surface area contributed by atoms with Crippen LogP contribution in [0.1, 0.15) is 46.0 Å². The molecule has 3 aliphatic carbocycles. The minimum Gasteiger partial charge on any atom is -0.392 e. The molecule has 0 spiro atoms. The summed E-state index contributed by atoms with van der Waals surface area (Å²) < 4.78 is 0. The van der Waals surface area contributed by atoms with Gasteiger partial charge in [-0.15, -0.1) is 0 Å². The summed E-state index contributed by atoms with van der Waals surface area (Å²) in [5.74, 6) is 2.08. The molecule has 0 aromatic rings. The molecule has 2 saturated carbocycles. The van der Waals surface area contributed by atoms with Gasteiger partial charge in [-0.25, -0.2) is 0 Å². The standard InChI is InChI=1S/C14H22O/c1-14(2)8-13(15)11-6-9-4-3-5-10(9)7-12(11)14/h6,10-13,15H,3-5,7-8H2,1-2H3/t10-,11-,12+,13+/m1/s1. The van der Waals surface area contributed by atoms with Crippen molar-refractivity contribution in [3.05, 3.63) is 11.6 Å². The van der Waals surface area contributed by atoms with E-state index in [1.54, 1.807) is 5.57 Å². The fourth-order valence-corrected chi connectivity index (χ4v) is 4.30. The van der Waals surface area contributed by atoms with Gasteiger partial charge in [-0.05, 0) is 49.4 Å². The first-order chi connectivity index (χ1) is 7.08. The Morgan fingerprint density at radius 2 is 2.20 bits per heavy atom. The topological polar surface area (TPSA) is 20.2 Å². The van der Waals surface area contributed by atoms with Gasteiger partial charge in [0.2, 0.25) is 0 Å². The van der Waals surface area contributed by atoms with Crippen LogP contribution in [0.15, 0.2) is 11.6 Å². The largest absolute Gasteiger partial charge is 0.392 e. The van der Waals surface area contributed by atoms with Crippen LogP contribution in [-0.4, -0.2) is 11.2 Å². The Kier molecular flexibility index (Phi) is 2.04. The summed E-state index contributed by atoms with van der Waals surface area (Å²) in [7, 11) is 0. The predicted octanol–water partition coefficient (Wildman–Crippen LogP) is 3.14. The molecule has 3 rings (SSSR count). The average Bonchev–Trinajstić information content (AvgIpc) is 2.68. The summed E-state index contributed by atoms with van der Waals surface area (Å²) in [6.45, 7) is 4.68. The van der Waals surface area contributed by atoms with Crippen molar-refractivity contribution >= 4 is 0 Å². The lowest BCUT2D eigenvalue weighted by Gasteiger charge is -2.35. The highest BCUT2D eigenvalue weighted by Crippen LogP contribution is 2.55. The van der Waals surface area contributed by atoms with Crippen LogP contribution in [0, 0.1) is 23.2 Å². The summed E-state index contributed by atoms with van der Waals surface area (Å²) in [5, 5.41) is 10.1. The Labute approximate surface area is 92.6 Å².